The summed E-state index contributed by atoms with van der Waals surface area (Å²) in [6, 6.07) is 7.96. The number of nitrogens with zero attached hydrogens (tertiary/aromatic N) is 2. The SMILES string of the molecule is Clc1nc2ccccc2c2nc(C3CCOCC3)[nH]c12. The number of benzene rings is 1. The second-order valence-corrected chi connectivity index (χ2v) is 5.51. The highest BCUT2D eigenvalue weighted by molar-refractivity contribution is 6.35. The van der Waals surface area contributed by atoms with Gasteiger partial charge in [-0.1, -0.05) is 29.8 Å². The van der Waals surface area contributed by atoms with Crippen molar-refractivity contribution in [2.24, 2.45) is 0 Å². The summed E-state index contributed by atoms with van der Waals surface area (Å²) in [5.41, 5.74) is 2.64. The molecule has 0 saturated carbocycles. The molecular formula is C15H14ClN3O. The largest absolute Gasteiger partial charge is 0.381 e. The fourth-order valence-corrected chi connectivity index (χ4v) is 3.06. The van der Waals surface area contributed by atoms with Gasteiger partial charge in [0.15, 0.2) is 5.15 Å². The van der Waals surface area contributed by atoms with Gasteiger partial charge in [-0.2, -0.15) is 0 Å². The van der Waals surface area contributed by atoms with E-state index in [1.54, 1.807) is 0 Å². The molecule has 3 aromatic rings. The Morgan fingerprint density at radius 2 is 1.95 bits per heavy atom. The Morgan fingerprint density at radius 1 is 1.15 bits per heavy atom. The molecule has 4 nitrogen and oxygen atoms in total. The van der Waals surface area contributed by atoms with Gasteiger partial charge in [-0.3, -0.25) is 0 Å². The minimum Gasteiger partial charge on any atom is -0.381 e. The number of pyridine rings is 1. The zero-order chi connectivity index (χ0) is 13.5. The van der Waals surface area contributed by atoms with Crippen LogP contribution in [0.4, 0.5) is 0 Å². The van der Waals surface area contributed by atoms with Crippen LogP contribution in [0, 0.1) is 0 Å². The quantitative estimate of drug-likeness (QED) is 0.695. The van der Waals surface area contributed by atoms with Gasteiger partial charge in [-0.05, 0) is 18.9 Å². The van der Waals surface area contributed by atoms with Gasteiger partial charge in [0.25, 0.3) is 0 Å². The number of aromatic amines is 1. The zero-order valence-electron chi connectivity index (χ0n) is 10.9. The molecule has 1 aliphatic heterocycles. The average Bonchev–Trinajstić information content (AvgIpc) is 2.94. The fraction of sp³-hybridized carbons (Fsp3) is 0.333. The lowest BCUT2D eigenvalue weighted by atomic mass is 10.00. The second kappa shape index (κ2) is 4.72. The normalized spacial score (nSPS) is 17.1. The predicted molar refractivity (Wildman–Crippen MR) is 79.2 cm³/mol. The summed E-state index contributed by atoms with van der Waals surface area (Å²) < 4.78 is 5.41. The first-order chi connectivity index (χ1) is 9.83. The Labute approximate surface area is 121 Å². The van der Waals surface area contributed by atoms with E-state index in [2.05, 4.69) is 9.97 Å². The van der Waals surface area contributed by atoms with Crippen molar-refractivity contribution in [3.8, 4) is 0 Å². The first-order valence-electron chi connectivity index (χ1n) is 6.84. The summed E-state index contributed by atoms with van der Waals surface area (Å²) in [5, 5.41) is 1.53. The maximum absolute atomic E-state index is 6.28. The molecule has 20 heavy (non-hydrogen) atoms. The molecule has 2 aromatic heterocycles. The van der Waals surface area contributed by atoms with Crippen molar-refractivity contribution in [3.05, 3.63) is 35.2 Å². The lowest BCUT2D eigenvalue weighted by Crippen LogP contribution is -2.15. The summed E-state index contributed by atoms with van der Waals surface area (Å²) in [6.45, 7) is 1.60. The van der Waals surface area contributed by atoms with Crippen LogP contribution in [0.3, 0.4) is 0 Å². The highest BCUT2D eigenvalue weighted by Crippen LogP contribution is 2.31. The van der Waals surface area contributed by atoms with Crippen molar-refractivity contribution < 1.29 is 4.74 Å². The number of ether oxygens (including phenoxy) is 1. The lowest BCUT2D eigenvalue weighted by molar-refractivity contribution is 0.0838. The van der Waals surface area contributed by atoms with E-state index >= 15 is 0 Å². The van der Waals surface area contributed by atoms with Gasteiger partial charge < -0.3 is 9.72 Å². The van der Waals surface area contributed by atoms with Crippen LogP contribution in [0.15, 0.2) is 24.3 Å². The summed E-state index contributed by atoms with van der Waals surface area (Å²) >= 11 is 6.28. The molecule has 4 rings (SSSR count). The van der Waals surface area contributed by atoms with Crippen LogP contribution in [0.1, 0.15) is 24.6 Å². The summed E-state index contributed by atoms with van der Waals surface area (Å²) in [6.07, 6.45) is 2.01. The fourth-order valence-electron chi connectivity index (χ4n) is 2.83. The molecule has 1 aromatic carbocycles. The van der Waals surface area contributed by atoms with E-state index in [0.29, 0.717) is 11.1 Å². The van der Waals surface area contributed by atoms with Crippen molar-refractivity contribution in [3.63, 3.8) is 0 Å². The molecule has 0 amide bonds. The van der Waals surface area contributed by atoms with Crippen molar-refractivity contribution in [1.82, 2.24) is 15.0 Å². The molecule has 3 heterocycles. The Bertz CT molecular complexity index is 777. The number of halogens is 1. The number of nitrogens with one attached hydrogen (secondary N) is 1. The van der Waals surface area contributed by atoms with Gasteiger partial charge >= 0.3 is 0 Å². The molecule has 1 aliphatic rings. The maximum atomic E-state index is 6.28. The number of para-hydroxylation sites is 1. The van der Waals surface area contributed by atoms with E-state index in [0.717, 1.165) is 53.8 Å². The number of fused-ring (bicyclic) bond motifs is 3. The van der Waals surface area contributed by atoms with Crippen molar-refractivity contribution in [2.45, 2.75) is 18.8 Å². The van der Waals surface area contributed by atoms with Gasteiger partial charge in [-0.25, -0.2) is 9.97 Å². The molecule has 102 valence electrons. The van der Waals surface area contributed by atoms with Crippen molar-refractivity contribution in [2.75, 3.05) is 13.2 Å². The number of rotatable bonds is 1. The minimum atomic E-state index is 0.422. The van der Waals surface area contributed by atoms with E-state index < -0.39 is 0 Å². The van der Waals surface area contributed by atoms with Crippen LogP contribution in [-0.4, -0.2) is 28.2 Å². The molecule has 0 bridgehead atoms. The van der Waals surface area contributed by atoms with E-state index in [9.17, 15) is 0 Å². The monoisotopic (exact) mass is 287 g/mol. The topological polar surface area (TPSA) is 50.8 Å². The van der Waals surface area contributed by atoms with Crippen LogP contribution >= 0.6 is 11.6 Å². The molecule has 5 heteroatoms. The Balaban J connectivity index is 1.93. The van der Waals surface area contributed by atoms with E-state index in [-0.39, 0.29) is 0 Å². The number of hydrogen-bond donors (Lipinski definition) is 1. The van der Waals surface area contributed by atoms with Gasteiger partial charge in [-0.15, -0.1) is 0 Å². The van der Waals surface area contributed by atoms with Crippen LogP contribution in [0.5, 0.6) is 0 Å². The highest BCUT2D eigenvalue weighted by Gasteiger charge is 2.21. The molecule has 1 N–H and O–H groups in total. The Hall–Kier alpha value is -1.65. The van der Waals surface area contributed by atoms with Crippen molar-refractivity contribution >= 4 is 33.5 Å². The zero-order valence-corrected chi connectivity index (χ0v) is 11.7. The number of imidazole rings is 1. The molecule has 0 unspecified atom stereocenters. The van der Waals surface area contributed by atoms with Gasteiger partial charge in [0.1, 0.15) is 16.9 Å². The molecular weight excluding hydrogens is 274 g/mol. The minimum absolute atomic E-state index is 0.422. The Morgan fingerprint density at radius 3 is 2.80 bits per heavy atom. The summed E-state index contributed by atoms with van der Waals surface area (Å²) in [5.74, 6) is 1.43. The van der Waals surface area contributed by atoms with Gasteiger partial charge in [0.2, 0.25) is 0 Å². The predicted octanol–water partition coefficient (Wildman–Crippen LogP) is 3.66. The van der Waals surface area contributed by atoms with Crippen LogP contribution in [0.2, 0.25) is 5.15 Å². The van der Waals surface area contributed by atoms with Crippen LogP contribution in [0.25, 0.3) is 21.9 Å². The standard InChI is InChI=1S/C15H14ClN3O/c16-14-13-12(10-3-1-2-4-11(10)17-14)18-15(19-13)9-5-7-20-8-6-9/h1-4,9H,5-8H2,(H,18,19). The van der Waals surface area contributed by atoms with E-state index in [4.69, 9.17) is 21.3 Å². The highest BCUT2D eigenvalue weighted by atomic mass is 35.5. The summed E-state index contributed by atoms with van der Waals surface area (Å²) in [7, 11) is 0. The van der Waals surface area contributed by atoms with Crippen LogP contribution in [-0.2, 0) is 4.74 Å². The smallest absolute Gasteiger partial charge is 0.155 e. The van der Waals surface area contributed by atoms with Crippen LogP contribution < -0.4 is 0 Å². The molecule has 0 atom stereocenters. The molecule has 1 fully saturated rings. The third-order valence-corrected chi connectivity index (χ3v) is 4.19. The van der Waals surface area contributed by atoms with Gasteiger partial charge in [0, 0.05) is 24.5 Å². The number of hydrogen-bond acceptors (Lipinski definition) is 3. The second-order valence-electron chi connectivity index (χ2n) is 5.15. The third kappa shape index (κ3) is 1.87. The number of aromatic nitrogens is 3. The first kappa shape index (κ1) is 12.1. The lowest BCUT2D eigenvalue weighted by Gasteiger charge is -2.19. The van der Waals surface area contributed by atoms with Gasteiger partial charge in [0.05, 0.1) is 5.52 Å². The number of H-pyrrole nitrogens is 1. The molecule has 0 spiro atoms. The third-order valence-electron chi connectivity index (χ3n) is 3.91. The summed E-state index contributed by atoms with van der Waals surface area (Å²) in [4.78, 5) is 12.6. The van der Waals surface area contributed by atoms with E-state index in [1.807, 2.05) is 24.3 Å². The molecule has 0 aliphatic carbocycles. The Kier molecular flexibility index (Phi) is 2.86. The molecule has 1 saturated heterocycles. The first-order valence-corrected chi connectivity index (χ1v) is 7.22. The molecule has 0 radical (unpaired) electrons. The maximum Gasteiger partial charge on any atom is 0.155 e. The average molecular weight is 288 g/mol. The van der Waals surface area contributed by atoms with Crippen molar-refractivity contribution in [1.29, 1.82) is 0 Å². The van der Waals surface area contributed by atoms with E-state index in [1.165, 1.54) is 0 Å².